The summed E-state index contributed by atoms with van der Waals surface area (Å²) in [4.78, 5) is 24.4. The van der Waals surface area contributed by atoms with Gasteiger partial charge in [0.05, 0.1) is 11.4 Å². The molecule has 1 heterocycles. The zero-order chi connectivity index (χ0) is 16.2. The average Bonchev–Trinajstić information content (AvgIpc) is 2.81. The SMILES string of the molecule is CCN(CC)C(=O)CNS(=O)(=O)c1cc(C(=O)O)sc1C. The second kappa shape index (κ2) is 7.01. The number of nitrogens with zero attached hydrogens (tertiary/aromatic N) is 1. The second-order valence-corrected chi connectivity index (χ2v) is 7.22. The third-order valence-electron chi connectivity index (χ3n) is 2.90. The van der Waals surface area contributed by atoms with Gasteiger partial charge in [-0.15, -0.1) is 11.3 Å². The van der Waals surface area contributed by atoms with E-state index in [9.17, 15) is 18.0 Å². The Morgan fingerprint density at radius 2 is 1.90 bits per heavy atom. The lowest BCUT2D eigenvalue weighted by Gasteiger charge is -2.18. The first-order valence-electron chi connectivity index (χ1n) is 6.34. The van der Waals surface area contributed by atoms with Gasteiger partial charge in [-0.05, 0) is 26.8 Å². The van der Waals surface area contributed by atoms with Crippen molar-refractivity contribution < 1.29 is 23.1 Å². The number of aromatic carboxylic acids is 1. The molecule has 0 saturated carbocycles. The number of thiophene rings is 1. The molecule has 0 unspecified atom stereocenters. The number of rotatable bonds is 7. The van der Waals surface area contributed by atoms with Crippen LogP contribution in [0.15, 0.2) is 11.0 Å². The van der Waals surface area contributed by atoms with Gasteiger partial charge in [-0.1, -0.05) is 0 Å². The molecular weight excluding hydrogens is 316 g/mol. The molecule has 1 rings (SSSR count). The van der Waals surface area contributed by atoms with Gasteiger partial charge >= 0.3 is 5.97 Å². The van der Waals surface area contributed by atoms with E-state index in [0.717, 1.165) is 17.4 Å². The Labute approximate surface area is 127 Å². The summed E-state index contributed by atoms with van der Waals surface area (Å²) >= 11 is 0.885. The standard InChI is InChI=1S/C12H18N2O5S2/c1-4-14(5-2)11(15)7-13-21(18,19)10-6-9(12(16)17)20-8(10)3/h6,13H,4-5,7H2,1-3H3,(H,16,17). The molecule has 7 nitrogen and oxygen atoms in total. The monoisotopic (exact) mass is 334 g/mol. The molecule has 0 radical (unpaired) electrons. The molecule has 0 aromatic carbocycles. The quantitative estimate of drug-likeness (QED) is 0.771. The predicted octanol–water partition coefficient (Wildman–Crippen LogP) is 0.901. The number of carbonyl (C=O) groups is 2. The van der Waals surface area contributed by atoms with Crippen LogP contribution in [0.1, 0.15) is 28.4 Å². The largest absolute Gasteiger partial charge is 0.477 e. The number of carbonyl (C=O) groups excluding carboxylic acids is 1. The molecule has 9 heteroatoms. The van der Waals surface area contributed by atoms with Crippen LogP contribution in [-0.4, -0.2) is 49.9 Å². The van der Waals surface area contributed by atoms with Crippen LogP contribution in [-0.2, 0) is 14.8 Å². The molecule has 1 amide bonds. The summed E-state index contributed by atoms with van der Waals surface area (Å²) in [5.74, 6) is -1.50. The Bertz CT molecular complexity index is 632. The van der Waals surface area contributed by atoms with Crippen molar-refractivity contribution in [3.05, 3.63) is 15.8 Å². The molecule has 0 aliphatic heterocycles. The van der Waals surface area contributed by atoms with E-state index in [1.807, 2.05) is 0 Å². The number of hydrogen-bond acceptors (Lipinski definition) is 5. The highest BCUT2D eigenvalue weighted by atomic mass is 32.2. The fourth-order valence-corrected chi connectivity index (χ4v) is 4.16. The van der Waals surface area contributed by atoms with Gasteiger partial charge in [0.25, 0.3) is 0 Å². The lowest BCUT2D eigenvalue weighted by molar-refractivity contribution is -0.129. The van der Waals surface area contributed by atoms with Crippen LogP contribution in [0.2, 0.25) is 0 Å². The molecule has 21 heavy (non-hydrogen) atoms. The van der Waals surface area contributed by atoms with Crippen LogP contribution >= 0.6 is 11.3 Å². The van der Waals surface area contributed by atoms with Crippen molar-refractivity contribution in [2.24, 2.45) is 0 Å². The maximum Gasteiger partial charge on any atom is 0.345 e. The summed E-state index contributed by atoms with van der Waals surface area (Å²) in [5, 5.41) is 8.88. The topological polar surface area (TPSA) is 104 Å². The highest BCUT2D eigenvalue weighted by Gasteiger charge is 2.23. The average molecular weight is 334 g/mol. The van der Waals surface area contributed by atoms with Crippen molar-refractivity contribution >= 4 is 33.2 Å². The lowest BCUT2D eigenvalue weighted by atomic mass is 10.4. The molecule has 0 fully saturated rings. The van der Waals surface area contributed by atoms with Crippen LogP contribution in [0.25, 0.3) is 0 Å². The van der Waals surface area contributed by atoms with Crippen molar-refractivity contribution in [2.45, 2.75) is 25.7 Å². The molecule has 1 aromatic heterocycles. The molecule has 0 aliphatic rings. The van der Waals surface area contributed by atoms with E-state index < -0.39 is 16.0 Å². The van der Waals surface area contributed by atoms with E-state index in [0.29, 0.717) is 18.0 Å². The highest BCUT2D eigenvalue weighted by Crippen LogP contribution is 2.25. The van der Waals surface area contributed by atoms with Gasteiger partial charge < -0.3 is 10.0 Å². The van der Waals surface area contributed by atoms with Crippen LogP contribution in [0.3, 0.4) is 0 Å². The molecular formula is C12H18N2O5S2. The summed E-state index contributed by atoms with van der Waals surface area (Å²) < 4.78 is 26.5. The second-order valence-electron chi connectivity index (χ2n) is 4.23. The molecule has 2 N–H and O–H groups in total. The molecule has 0 spiro atoms. The first kappa shape index (κ1) is 17.6. The van der Waals surface area contributed by atoms with Gasteiger partial charge in [0.2, 0.25) is 15.9 Å². The fourth-order valence-electron chi connectivity index (χ4n) is 1.76. The summed E-state index contributed by atoms with van der Waals surface area (Å²) in [6.07, 6.45) is 0. The smallest absolute Gasteiger partial charge is 0.345 e. The van der Waals surface area contributed by atoms with Gasteiger partial charge in [0.1, 0.15) is 4.88 Å². The Morgan fingerprint density at radius 1 is 1.33 bits per heavy atom. The number of carboxylic acid groups (broad SMARTS) is 1. The minimum Gasteiger partial charge on any atom is -0.477 e. The Morgan fingerprint density at radius 3 is 2.33 bits per heavy atom. The third-order valence-corrected chi connectivity index (χ3v) is 5.60. The van der Waals surface area contributed by atoms with Crippen LogP contribution in [0.5, 0.6) is 0 Å². The minimum absolute atomic E-state index is 0.0528. The molecule has 118 valence electrons. The molecule has 0 bridgehead atoms. The number of amides is 1. The van der Waals surface area contributed by atoms with E-state index in [2.05, 4.69) is 4.72 Å². The molecule has 0 aliphatic carbocycles. The van der Waals surface area contributed by atoms with Crippen molar-refractivity contribution in [1.29, 1.82) is 0 Å². The number of likely N-dealkylation sites (N-methyl/N-ethyl adjacent to an activating group) is 1. The van der Waals surface area contributed by atoms with Crippen molar-refractivity contribution in [1.82, 2.24) is 9.62 Å². The minimum atomic E-state index is -3.90. The number of hydrogen-bond donors (Lipinski definition) is 2. The molecule has 0 atom stereocenters. The number of nitrogens with one attached hydrogen (secondary N) is 1. The number of sulfonamides is 1. The van der Waals surface area contributed by atoms with Crippen molar-refractivity contribution in [2.75, 3.05) is 19.6 Å². The van der Waals surface area contributed by atoms with Crippen molar-refractivity contribution in [3.8, 4) is 0 Å². The van der Waals surface area contributed by atoms with Crippen molar-refractivity contribution in [3.63, 3.8) is 0 Å². The van der Waals surface area contributed by atoms with Gasteiger partial charge in [-0.2, -0.15) is 0 Å². The molecule has 1 aromatic rings. The Hall–Kier alpha value is -1.45. The first-order chi connectivity index (χ1) is 9.72. The summed E-state index contributed by atoms with van der Waals surface area (Å²) in [6, 6.07) is 1.10. The van der Waals surface area contributed by atoms with Crippen LogP contribution in [0, 0.1) is 6.92 Å². The van der Waals surface area contributed by atoms with E-state index >= 15 is 0 Å². The van der Waals surface area contributed by atoms with Crippen LogP contribution < -0.4 is 4.72 Å². The highest BCUT2D eigenvalue weighted by molar-refractivity contribution is 7.89. The van der Waals surface area contributed by atoms with Gasteiger partial charge in [0.15, 0.2) is 0 Å². The predicted molar refractivity (Wildman–Crippen MR) is 79.1 cm³/mol. The van der Waals surface area contributed by atoms with E-state index in [-0.39, 0.29) is 22.2 Å². The fraction of sp³-hybridized carbons (Fsp3) is 0.500. The zero-order valence-electron chi connectivity index (χ0n) is 12.0. The first-order valence-corrected chi connectivity index (χ1v) is 8.64. The van der Waals surface area contributed by atoms with E-state index in [4.69, 9.17) is 5.11 Å². The maximum atomic E-state index is 12.1. The summed E-state index contributed by atoms with van der Waals surface area (Å²) in [5.41, 5.74) is 0. The number of carboxylic acids is 1. The third kappa shape index (κ3) is 4.26. The zero-order valence-corrected chi connectivity index (χ0v) is 13.7. The summed E-state index contributed by atoms with van der Waals surface area (Å²) in [6.45, 7) is 5.78. The van der Waals surface area contributed by atoms with E-state index in [1.54, 1.807) is 13.8 Å². The lowest BCUT2D eigenvalue weighted by Crippen LogP contribution is -2.40. The molecule has 0 saturated heterocycles. The number of aryl methyl sites for hydroxylation is 1. The summed E-state index contributed by atoms with van der Waals surface area (Å²) in [7, 11) is -3.90. The maximum absolute atomic E-state index is 12.1. The Kier molecular flexibility index (Phi) is 5.87. The Balaban J connectivity index is 2.88. The normalized spacial score (nSPS) is 11.4. The van der Waals surface area contributed by atoms with Crippen LogP contribution in [0.4, 0.5) is 0 Å². The van der Waals surface area contributed by atoms with E-state index in [1.165, 1.54) is 11.8 Å². The van der Waals surface area contributed by atoms with Gasteiger partial charge in [-0.25, -0.2) is 17.9 Å². The van der Waals surface area contributed by atoms with Gasteiger partial charge in [0, 0.05) is 18.0 Å². The van der Waals surface area contributed by atoms with Gasteiger partial charge in [-0.3, -0.25) is 4.79 Å².